The molecule has 3 nitrogen and oxygen atoms in total. The largest absolute Gasteiger partial charge is 0.398 e. The Morgan fingerprint density at radius 3 is 2.65 bits per heavy atom. The summed E-state index contributed by atoms with van der Waals surface area (Å²) in [4.78, 5) is 4.15. The molecule has 0 aliphatic heterocycles. The Hall–Kier alpha value is -1.87. The third kappa shape index (κ3) is 2.63. The van der Waals surface area contributed by atoms with Gasteiger partial charge in [-0.25, -0.2) is 0 Å². The lowest BCUT2D eigenvalue weighted by Crippen LogP contribution is -2.23. The Kier molecular flexibility index (Phi) is 3.73. The molecule has 88 valence electrons. The second-order valence-electron chi connectivity index (χ2n) is 3.91. The van der Waals surface area contributed by atoms with Gasteiger partial charge < -0.3 is 11.1 Å². The van der Waals surface area contributed by atoms with Crippen molar-refractivity contribution in [3.8, 4) is 0 Å². The highest BCUT2D eigenvalue weighted by molar-refractivity contribution is 5.49. The van der Waals surface area contributed by atoms with Crippen molar-refractivity contribution >= 4 is 5.69 Å². The number of nitrogens with zero attached hydrogens (tertiary/aromatic N) is 1. The van der Waals surface area contributed by atoms with Crippen molar-refractivity contribution in [3.63, 3.8) is 0 Å². The van der Waals surface area contributed by atoms with E-state index in [0.717, 1.165) is 17.8 Å². The molecule has 0 saturated heterocycles. The lowest BCUT2D eigenvalue weighted by molar-refractivity contribution is 0.630. The number of aromatic nitrogens is 1. The maximum Gasteiger partial charge on any atom is 0.0612 e. The first kappa shape index (κ1) is 11.6. The summed E-state index contributed by atoms with van der Waals surface area (Å²) in [5, 5.41) is 3.44. The summed E-state index contributed by atoms with van der Waals surface area (Å²) >= 11 is 0. The Balaban J connectivity index is 2.39. The molecule has 1 atom stereocenters. The molecule has 0 radical (unpaired) electrons. The van der Waals surface area contributed by atoms with Gasteiger partial charge in [-0.3, -0.25) is 4.98 Å². The van der Waals surface area contributed by atoms with E-state index in [9.17, 15) is 0 Å². The number of hydrogen-bond acceptors (Lipinski definition) is 3. The topological polar surface area (TPSA) is 50.9 Å². The van der Waals surface area contributed by atoms with Crippen LogP contribution in [-0.2, 0) is 0 Å². The highest BCUT2D eigenvalue weighted by Gasteiger charge is 2.14. The highest BCUT2D eigenvalue weighted by atomic mass is 14.9. The number of anilines is 1. The van der Waals surface area contributed by atoms with E-state index >= 15 is 0 Å². The zero-order valence-electron chi connectivity index (χ0n) is 9.93. The van der Waals surface area contributed by atoms with Crippen LogP contribution >= 0.6 is 0 Å². The van der Waals surface area contributed by atoms with Crippen molar-refractivity contribution in [2.75, 3.05) is 12.3 Å². The van der Waals surface area contributed by atoms with Crippen molar-refractivity contribution in [1.82, 2.24) is 10.3 Å². The molecule has 1 heterocycles. The highest BCUT2D eigenvalue weighted by Crippen LogP contribution is 2.25. The summed E-state index contributed by atoms with van der Waals surface area (Å²) in [7, 11) is 0. The number of nitrogens with two attached hydrogens (primary N) is 1. The van der Waals surface area contributed by atoms with Crippen LogP contribution in [0.5, 0.6) is 0 Å². The summed E-state index contributed by atoms with van der Waals surface area (Å²) in [6.07, 6.45) is 3.54. The first-order chi connectivity index (χ1) is 8.33. The van der Waals surface area contributed by atoms with Crippen molar-refractivity contribution in [2.24, 2.45) is 0 Å². The van der Waals surface area contributed by atoms with Gasteiger partial charge in [-0.1, -0.05) is 37.3 Å². The molecule has 1 aromatic heterocycles. The van der Waals surface area contributed by atoms with E-state index in [1.54, 1.807) is 6.20 Å². The maximum atomic E-state index is 6.01. The minimum atomic E-state index is 0.106. The van der Waals surface area contributed by atoms with Crippen molar-refractivity contribution in [1.29, 1.82) is 0 Å². The molecule has 3 N–H and O–H groups in total. The van der Waals surface area contributed by atoms with Crippen molar-refractivity contribution in [2.45, 2.75) is 13.0 Å². The number of pyridine rings is 1. The minimum absolute atomic E-state index is 0.106. The average Bonchev–Trinajstić information content (AvgIpc) is 2.38. The van der Waals surface area contributed by atoms with Gasteiger partial charge in [-0.15, -0.1) is 0 Å². The van der Waals surface area contributed by atoms with Crippen molar-refractivity contribution < 1.29 is 0 Å². The van der Waals surface area contributed by atoms with E-state index in [-0.39, 0.29) is 6.04 Å². The van der Waals surface area contributed by atoms with Gasteiger partial charge in [-0.05, 0) is 18.2 Å². The van der Waals surface area contributed by atoms with Crippen LogP contribution in [0.15, 0.2) is 48.8 Å². The van der Waals surface area contributed by atoms with Gasteiger partial charge in [0.15, 0.2) is 0 Å². The predicted molar refractivity (Wildman–Crippen MR) is 70.6 cm³/mol. The van der Waals surface area contributed by atoms with Gasteiger partial charge in [0.2, 0.25) is 0 Å². The average molecular weight is 227 g/mol. The number of benzene rings is 1. The SMILES string of the molecule is CCNC(c1ccccc1)c1cnccc1N. The van der Waals surface area contributed by atoms with Crippen LogP contribution in [0.25, 0.3) is 0 Å². The van der Waals surface area contributed by atoms with Crippen LogP contribution in [0, 0.1) is 0 Å². The van der Waals surface area contributed by atoms with E-state index in [1.165, 1.54) is 5.56 Å². The molecule has 17 heavy (non-hydrogen) atoms. The number of nitrogens with one attached hydrogen (secondary N) is 1. The van der Waals surface area contributed by atoms with E-state index < -0.39 is 0 Å². The lowest BCUT2D eigenvalue weighted by atomic mass is 9.99. The van der Waals surface area contributed by atoms with Gasteiger partial charge in [0.1, 0.15) is 0 Å². The van der Waals surface area contributed by atoms with Crippen LogP contribution in [0.3, 0.4) is 0 Å². The Morgan fingerprint density at radius 1 is 1.24 bits per heavy atom. The summed E-state index contributed by atoms with van der Waals surface area (Å²) in [6, 6.07) is 12.2. The molecule has 0 amide bonds. The third-order valence-electron chi connectivity index (χ3n) is 2.74. The molecule has 1 unspecified atom stereocenters. The van der Waals surface area contributed by atoms with E-state index in [0.29, 0.717) is 0 Å². The van der Waals surface area contributed by atoms with E-state index in [4.69, 9.17) is 5.73 Å². The number of nitrogen functional groups attached to an aromatic ring is 1. The summed E-state index contributed by atoms with van der Waals surface area (Å²) < 4.78 is 0. The van der Waals surface area contributed by atoms with Crippen LogP contribution in [0.2, 0.25) is 0 Å². The maximum absolute atomic E-state index is 6.01. The standard InChI is InChI=1S/C14H17N3/c1-2-17-14(11-6-4-3-5-7-11)12-10-16-9-8-13(12)15/h3-10,14,17H,2H2,1H3,(H2,15,16). The fourth-order valence-electron chi connectivity index (χ4n) is 1.92. The molecule has 0 bridgehead atoms. The Morgan fingerprint density at radius 2 is 2.00 bits per heavy atom. The monoisotopic (exact) mass is 227 g/mol. The van der Waals surface area contributed by atoms with Crippen molar-refractivity contribution in [3.05, 3.63) is 59.9 Å². The second kappa shape index (κ2) is 5.46. The van der Waals surface area contributed by atoms with Crippen LogP contribution in [0.1, 0.15) is 24.1 Å². The molecule has 0 spiro atoms. The minimum Gasteiger partial charge on any atom is -0.398 e. The number of rotatable bonds is 4. The second-order valence-corrected chi connectivity index (χ2v) is 3.91. The van der Waals surface area contributed by atoms with Crippen LogP contribution in [0.4, 0.5) is 5.69 Å². The molecule has 1 aromatic carbocycles. The predicted octanol–water partition coefficient (Wildman–Crippen LogP) is 2.36. The zero-order chi connectivity index (χ0) is 12.1. The molecule has 2 rings (SSSR count). The fourth-order valence-corrected chi connectivity index (χ4v) is 1.92. The quantitative estimate of drug-likeness (QED) is 0.843. The fraction of sp³-hybridized carbons (Fsp3) is 0.214. The summed E-state index contributed by atoms with van der Waals surface area (Å²) in [5.41, 5.74) is 9.01. The van der Waals surface area contributed by atoms with Gasteiger partial charge in [-0.2, -0.15) is 0 Å². The van der Waals surface area contributed by atoms with E-state index in [2.05, 4.69) is 29.4 Å². The third-order valence-corrected chi connectivity index (χ3v) is 2.74. The Labute approximate surface area is 102 Å². The number of hydrogen-bond donors (Lipinski definition) is 2. The molecular formula is C14H17N3. The first-order valence-electron chi connectivity index (χ1n) is 5.80. The smallest absolute Gasteiger partial charge is 0.0612 e. The molecule has 3 heteroatoms. The first-order valence-corrected chi connectivity index (χ1v) is 5.80. The Bertz CT molecular complexity index is 468. The lowest BCUT2D eigenvalue weighted by Gasteiger charge is -2.20. The summed E-state index contributed by atoms with van der Waals surface area (Å²) in [6.45, 7) is 2.97. The van der Waals surface area contributed by atoms with E-state index in [1.807, 2.05) is 30.5 Å². The normalized spacial score (nSPS) is 12.3. The molecule has 0 aliphatic rings. The molecule has 0 saturated carbocycles. The van der Waals surface area contributed by atoms with Gasteiger partial charge >= 0.3 is 0 Å². The van der Waals surface area contributed by atoms with Gasteiger partial charge in [0.05, 0.1) is 6.04 Å². The molecule has 0 fully saturated rings. The molecular weight excluding hydrogens is 210 g/mol. The van der Waals surface area contributed by atoms with Crippen LogP contribution < -0.4 is 11.1 Å². The van der Waals surface area contributed by atoms with Gasteiger partial charge in [0, 0.05) is 23.6 Å². The molecule has 0 aliphatic carbocycles. The van der Waals surface area contributed by atoms with Crippen LogP contribution in [-0.4, -0.2) is 11.5 Å². The van der Waals surface area contributed by atoms with Gasteiger partial charge in [0.25, 0.3) is 0 Å². The molecule has 2 aromatic rings. The zero-order valence-corrected chi connectivity index (χ0v) is 9.93. The summed E-state index contributed by atoms with van der Waals surface area (Å²) in [5.74, 6) is 0.